The topological polar surface area (TPSA) is 0 Å². The van der Waals surface area contributed by atoms with Gasteiger partial charge in [0.15, 0.2) is 0 Å². The number of fused-ring (bicyclic) bond motifs is 9. The summed E-state index contributed by atoms with van der Waals surface area (Å²) in [5, 5.41) is 14.8. The van der Waals surface area contributed by atoms with Crippen LogP contribution < -0.4 is 0 Å². The first-order chi connectivity index (χ1) is 26.8. The first-order valence-electron chi connectivity index (χ1n) is 18.6. The Morgan fingerprint density at radius 2 is 0.691 bits per heavy atom. The summed E-state index contributed by atoms with van der Waals surface area (Å²) in [4.78, 5) is 0. The average molecular weight is 919 g/mol. The third-order valence-corrected chi connectivity index (χ3v) is 11.2. The fraction of sp³-hybridized carbons (Fsp3) is 0. The minimum atomic E-state index is 0. The molecule has 11 aromatic rings. The number of hydrogen-bond donors (Lipinski definition) is 0. The minimum absolute atomic E-state index is 0. The zero-order valence-corrected chi connectivity index (χ0v) is 34.1. The molecule has 0 saturated carbocycles. The molecule has 0 saturated heterocycles. The molecular formula is C54H32U. The van der Waals surface area contributed by atoms with E-state index >= 15 is 0 Å². The van der Waals surface area contributed by atoms with E-state index in [0.717, 1.165) is 21.9 Å². The van der Waals surface area contributed by atoms with E-state index < -0.39 is 0 Å². The molecule has 0 aliphatic heterocycles. The summed E-state index contributed by atoms with van der Waals surface area (Å²) >= 11 is 0. The molecule has 0 nitrogen and oxygen atoms in total. The molecule has 0 fully saturated rings. The standard InChI is InChI=1S/C54H32.U/c1-2-12-36(13-3-1)53-48-18-8-10-20-50(48)54(51-21-11-9-19-49(51)53)37-24-22-35(23-25-37)38-26-27-40-33-41(29-28-39(40)32-38)42-30-31-47-45-16-5-4-14-43(45)44-15-6-7-17-46(44)52(47)34-42;/h1-32H;/q-2;+2. The van der Waals surface area contributed by atoms with Gasteiger partial charge in [-0.1, -0.05) is 180 Å². The normalized spacial score (nSPS) is 11.5. The van der Waals surface area contributed by atoms with Crippen LogP contribution in [0, 0.1) is 43.2 Å². The predicted molar refractivity (Wildman–Crippen MR) is 231 cm³/mol. The molecule has 0 amide bonds. The number of rotatable bonds is 4. The van der Waals surface area contributed by atoms with Crippen LogP contribution in [0.3, 0.4) is 0 Å². The van der Waals surface area contributed by atoms with Crippen molar-refractivity contribution in [1.29, 1.82) is 0 Å². The fourth-order valence-electron chi connectivity index (χ4n) is 8.67. The maximum absolute atomic E-state index is 3.80. The third kappa shape index (κ3) is 5.58. The molecule has 0 atom stereocenters. The summed E-state index contributed by atoms with van der Waals surface area (Å²) < 4.78 is 0. The van der Waals surface area contributed by atoms with Gasteiger partial charge in [-0.15, -0.1) is 29.0 Å². The van der Waals surface area contributed by atoms with Crippen molar-refractivity contribution >= 4 is 64.6 Å². The molecule has 0 aliphatic rings. The second kappa shape index (κ2) is 13.7. The van der Waals surface area contributed by atoms with Gasteiger partial charge in [-0.05, 0) is 71.1 Å². The molecule has 0 aromatic heterocycles. The van der Waals surface area contributed by atoms with Crippen LogP contribution in [0.4, 0.5) is 0 Å². The SMILES string of the molecule is [U+2].[c-]1c(-c2[c-]c3c4ccccc4c4ccccc4c3cc2)ccc2cc(-c3ccc(-c4c5ccccc5c(-c5ccccc5)c5ccccc45)cc3)ccc12. The maximum atomic E-state index is 3.80. The molecule has 252 valence electrons. The van der Waals surface area contributed by atoms with Crippen LogP contribution in [-0.4, -0.2) is 0 Å². The summed E-state index contributed by atoms with van der Waals surface area (Å²) in [5.41, 5.74) is 9.53. The van der Waals surface area contributed by atoms with E-state index in [1.165, 1.54) is 87.2 Å². The average Bonchev–Trinajstić information content (AvgIpc) is 3.25. The van der Waals surface area contributed by atoms with Gasteiger partial charge in [0.2, 0.25) is 0 Å². The molecule has 11 aromatic carbocycles. The second-order valence-corrected chi connectivity index (χ2v) is 14.2. The Morgan fingerprint density at radius 1 is 0.273 bits per heavy atom. The molecule has 11 rings (SSSR count). The van der Waals surface area contributed by atoms with Crippen molar-refractivity contribution in [3.8, 4) is 44.5 Å². The Kier molecular flexibility index (Phi) is 8.37. The Balaban J connectivity index is 0.00000372. The van der Waals surface area contributed by atoms with Gasteiger partial charge in [-0.3, -0.25) is 0 Å². The van der Waals surface area contributed by atoms with Gasteiger partial charge >= 0.3 is 31.1 Å². The van der Waals surface area contributed by atoms with Crippen LogP contribution in [0.5, 0.6) is 0 Å². The quantitative estimate of drug-likeness (QED) is 0.0937. The molecule has 0 aliphatic carbocycles. The fourth-order valence-corrected chi connectivity index (χ4v) is 8.67. The van der Waals surface area contributed by atoms with E-state index in [2.05, 4.69) is 206 Å². The number of hydrogen-bond acceptors (Lipinski definition) is 0. The van der Waals surface area contributed by atoms with E-state index in [0.29, 0.717) is 0 Å². The molecule has 0 bridgehead atoms. The minimum Gasteiger partial charge on any atom is -0.183 e. The van der Waals surface area contributed by atoms with Gasteiger partial charge < -0.3 is 0 Å². The van der Waals surface area contributed by atoms with E-state index in [1.807, 2.05) is 0 Å². The molecule has 0 spiro atoms. The zero-order chi connectivity index (χ0) is 35.6. The van der Waals surface area contributed by atoms with Crippen molar-refractivity contribution < 1.29 is 31.1 Å². The van der Waals surface area contributed by atoms with Crippen LogP contribution in [0.1, 0.15) is 0 Å². The largest absolute Gasteiger partial charge is 2.00 e. The van der Waals surface area contributed by atoms with Crippen LogP contribution >= 0.6 is 0 Å². The van der Waals surface area contributed by atoms with Crippen LogP contribution in [-0.2, 0) is 0 Å². The van der Waals surface area contributed by atoms with Crippen molar-refractivity contribution in [2.45, 2.75) is 0 Å². The molecule has 0 heterocycles. The Bertz CT molecular complexity index is 3160. The van der Waals surface area contributed by atoms with Gasteiger partial charge in [0.05, 0.1) is 0 Å². The molecule has 55 heavy (non-hydrogen) atoms. The van der Waals surface area contributed by atoms with Crippen LogP contribution in [0.15, 0.2) is 194 Å². The van der Waals surface area contributed by atoms with Crippen molar-refractivity contribution in [3.63, 3.8) is 0 Å². The maximum Gasteiger partial charge on any atom is 2.00 e. The van der Waals surface area contributed by atoms with Crippen molar-refractivity contribution in [2.24, 2.45) is 0 Å². The summed E-state index contributed by atoms with van der Waals surface area (Å²) in [6.45, 7) is 0. The molecule has 1 heteroatoms. The molecular weight excluding hydrogens is 887 g/mol. The molecule has 0 N–H and O–H groups in total. The van der Waals surface area contributed by atoms with Crippen LogP contribution in [0.25, 0.3) is 109 Å². The van der Waals surface area contributed by atoms with Crippen LogP contribution in [0.2, 0.25) is 0 Å². The zero-order valence-electron chi connectivity index (χ0n) is 30.0. The van der Waals surface area contributed by atoms with Crippen molar-refractivity contribution in [3.05, 3.63) is 206 Å². The van der Waals surface area contributed by atoms with Gasteiger partial charge in [0.25, 0.3) is 0 Å². The van der Waals surface area contributed by atoms with E-state index in [1.54, 1.807) is 0 Å². The van der Waals surface area contributed by atoms with Gasteiger partial charge in [0, 0.05) is 0 Å². The number of benzene rings is 11. The van der Waals surface area contributed by atoms with Gasteiger partial charge in [-0.25, -0.2) is 0 Å². The van der Waals surface area contributed by atoms with Crippen molar-refractivity contribution in [2.75, 3.05) is 0 Å². The summed E-state index contributed by atoms with van der Waals surface area (Å²) in [5.74, 6) is 0. The molecule has 0 radical (unpaired) electrons. The Labute approximate surface area is 344 Å². The molecule has 0 unspecified atom stereocenters. The Hall–Kier alpha value is -5.97. The summed E-state index contributed by atoms with van der Waals surface area (Å²) in [6.07, 6.45) is 0. The third-order valence-electron chi connectivity index (χ3n) is 11.2. The predicted octanol–water partition coefficient (Wildman–Crippen LogP) is 14.9. The second-order valence-electron chi connectivity index (χ2n) is 14.2. The summed E-state index contributed by atoms with van der Waals surface area (Å²) in [7, 11) is 0. The van der Waals surface area contributed by atoms with Crippen molar-refractivity contribution in [1.82, 2.24) is 0 Å². The smallest absolute Gasteiger partial charge is 0.183 e. The summed E-state index contributed by atoms with van der Waals surface area (Å²) in [6, 6.07) is 78.0. The first kappa shape index (κ1) is 33.6. The van der Waals surface area contributed by atoms with Gasteiger partial charge in [0.1, 0.15) is 0 Å². The monoisotopic (exact) mass is 918 g/mol. The van der Waals surface area contributed by atoms with E-state index in [4.69, 9.17) is 0 Å². The van der Waals surface area contributed by atoms with E-state index in [9.17, 15) is 0 Å². The first-order valence-corrected chi connectivity index (χ1v) is 18.6. The Morgan fingerprint density at radius 3 is 1.29 bits per heavy atom. The van der Waals surface area contributed by atoms with E-state index in [-0.39, 0.29) is 31.1 Å². The van der Waals surface area contributed by atoms with Gasteiger partial charge in [-0.2, -0.15) is 35.4 Å².